The van der Waals surface area contributed by atoms with E-state index >= 15 is 0 Å². The molecule has 35 heavy (non-hydrogen) atoms. The standard InChI is InChI=1S/C27H30N4O4/c1-4-34-23-11-7-22(8-12-23)31-16-25(17-31)35-24-9-5-20(6-10-24)18(2)29-27(33)21-13-14-28-26(15-21)30-19(3)32/h5-15,18,25H,4,16-17H2,1-3H3,(H,29,33)(H,28,30,32). The number of carbonyl (C=O) groups is 2. The summed E-state index contributed by atoms with van der Waals surface area (Å²) in [5, 5.41) is 5.56. The van der Waals surface area contributed by atoms with Crippen LogP contribution in [0.4, 0.5) is 11.5 Å². The molecule has 2 aromatic carbocycles. The predicted octanol–water partition coefficient (Wildman–Crippen LogP) is 4.20. The number of hydrogen-bond acceptors (Lipinski definition) is 6. The Balaban J connectivity index is 1.26. The third-order valence-electron chi connectivity index (χ3n) is 5.72. The molecule has 3 aromatic rings. The van der Waals surface area contributed by atoms with Gasteiger partial charge >= 0.3 is 0 Å². The first-order valence-corrected chi connectivity index (χ1v) is 11.7. The minimum atomic E-state index is -0.240. The van der Waals surface area contributed by atoms with Gasteiger partial charge in [-0.2, -0.15) is 0 Å². The van der Waals surface area contributed by atoms with Crippen molar-refractivity contribution in [2.75, 3.05) is 29.9 Å². The number of pyridine rings is 1. The van der Waals surface area contributed by atoms with Gasteiger partial charge in [-0.15, -0.1) is 0 Å². The van der Waals surface area contributed by atoms with Crippen LogP contribution in [0.1, 0.15) is 42.7 Å². The van der Waals surface area contributed by atoms with Crippen LogP contribution < -0.4 is 25.0 Å². The Labute approximate surface area is 205 Å². The second-order valence-electron chi connectivity index (χ2n) is 8.45. The molecule has 8 nitrogen and oxygen atoms in total. The molecule has 1 saturated heterocycles. The Morgan fingerprint density at radius 3 is 2.40 bits per heavy atom. The van der Waals surface area contributed by atoms with Crippen molar-refractivity contribution in [1.29, 1.82) is 0 Å². The summed E-state index contributed by atoms with van der Waals surface area (Å²) in [6.45, 7) is 7.61. The minimum Gasteiger partial charge on any atom is -0.494 e. The van der Waals surface area contributed by atoms with Crippen molar-refractivity contribution in [2.45, 2.75) is 32.9 Å². The molecule has 0 saturated carbocycles. The highest BCUT2D eigenvalue weighted by Crippen LogP contribution is 2.27. The quantitative estimate of drug-likeness (QED) is 0.483. The number of aromatic nitrogens is 1. The maximum absolute atomic E-state index is 12.6. The summed E-state index contributed by atoms with van der Waals surface area (Å²) in [6.07, 6.45) is 1.63. The van der Waals surface area contributed by atoms with Crippen molar-refractivity contribution in [3.63, 3.8) is 0 Å². The summed E-state index contributed by atoms with van der Waals surface area (Å²) in [5.41, 5.74) is 2.55. The maximum atomic E-state index is 12.6. The van der Waals surface area contributed by atoms with Crippen LogP contribution >= 0.6 is 0 Å². The summed E-state index contributed by atoms with van der Waals surface area (Å²) in [6, 6.07) is 18.8. The van der Waals surface area contributed by atoms with Crippen LogP contribution in [0.25, 0.3) is 0 Å². The number of amides is 2. The van der Waals surface area contributed by atoms with Crippen molar-refractivity contribution in [3.05, 3.63) is 78.0 Å². The first-order valence-electron chi connectivity index (χ1n) is 11.7. The number of nitrogens with zero attached hydrogens (tertiary/aromatic N) is 2. The molecule has 0 aliphatic carbocycles. The molecular weight excluding hydrogens is 444 g/mol. The van der Waals surface area contributed by atoms with Gasteiger partial charge in [-0.05, 0) is 67.9 Å². The third-order valence-corrected chi connectivity index (χ3v) is 5.72. The van der Waals surface area contributed by atoms with Gasteiger partial charge in [0.05, 0.1) is 25.7 Å². The van der Waals surface area contributed by atoms with E-state index < -0.39 is 0 Å². The van der Waals surface area contributed by atoms with Gasteiger partial charge in [-0.3, -0.25) is 9.59 Å². The minimum absolute atomic E-state index is 0.133. The van der Waals surface area contributed by atoms with Crippen molar-refractivity contribution < 1.29 is 19.1 Å². The molecule has 0 radical (unpaired) electrons. The molecule has 1 unspecified atom stereocenters. The number of hydrogen-bond donors (Lipinski definition) is 2. The van der Waals surface area contributed by atoms with E-state index in [1.807, 2.05) is 50.2 Å². The smallest absolute Gasteiger partial charge is 0.251 e. The number of ether oxygens (including phenoxy) is 2. The van der Waals surface area contributed by atoms with Crippen LogP contribution in [0.5, 0.6) is 11.5 Å². The third kappa shape index (κ3) is 6.29. The highest BCUT2D eigenvalue weighted by molar-refractivity contribution is 5.96. The number of benzene rings is 2. The fraction of sp³-hybridized carbons (Fsp3) is 0.296. The normalized spacial score (nSPS) is 14.0. The van der Waals surface area contributed by atoms with Gasteiger partial charge in [-0.25, -0.2) is 4.98 Å². The monoisotopic (exact) mass is 474 g/mol. The predicted molar refractivity (Wildman–Crippen MR) is 135 cm³/mol. The summed E-state index contributed by atoms with van der Waals surface area (Å²) in [7, 11) is 0. The van der Waals surface area contributed by atoms with Crippen LogP contribution in [-0.4, -0.2) is 42.6 Å². The Kier molecular flexibility index (Phi) is 7.50. The van der Waals surface area contributed by atoms with E-state index in [0.717, 1.165) is 35.8 Å². The van der Waals surface area contributed by atoms with E-state index in [-0.39, 0.29) is 24.0 Å². The molecule has 0 spiro atoms. The first kappa shape index (κ1) is 24.1. The summed E-state index contributed by atoms with van der Waals surface area (Å²) >= 11 is 0. The zero-order valence-electron chi connectivity index (χ0n) is 20.2. The molecule has 182 valence electrons. The largest absolute Gasteiger partial charge is 0.494 e. The maximum Gasteiger partial charge on any atom is 0.251 e. The van der Waals surface area contributed by atoms with E-state index in [1.54, 1.807) is 12.1 Å². The van der Waals surface area contributed by atoms with Crippen LogP contribution in [0.2, 0.25) is 0 Å². The fourth-order valence-electron chi connectivity index (χ4n) is 3.85. The van der Waals surface area contributed by atoms with Gasteiger partial charge in [0, 0.05) is 24.4 Å². The molecule has 1 aliphatic heterocycles. The van der Waals surface area contributed by atoms with Crippen LogP contribution in [0.3, 0.4) is 0 Å². The summed E-state index contributed by atoms with van der Waals surface area (Å²) in [4.78, 5) is 30.2. The summed E-state index contributed by atoms with van der Waals surface area (Å²) in [5.74, 6) is 1.55. The van der Waals surface area contributed by atoms with E-state index in [0.29, 0.717) is 18.0 Å². The van der Waals surface area contributed by atoms with Gasteiger partial charge in [0.1, 0.15) is 23.4 Å². The van der Waals surface area contributed by atoms with Gasteiger partial charge < -0.3 is 25.0 Å². The Morgan fingerprint density at radius 1 is 1.06 bits per heavy atom. The van der Waals surface area contributed by atoms with Crippen LogP contribution in [-0.2, 0) is 4.79 Å². The molecule has 2 amide bonds. The zero-order valence-corrected chi connectivity index (χ0v) is 20.2. The van der Waals surface area contributed by atoms with Gasteiger partial charge in [0.2, 0.25) is 5.91 Å². The van der Waals surface area contributed by atoms with Crippen molar-refractivity contribution >= 4 is 23.3 Å². The topological polar surface area (TPSA) is 92.8 Å². The van der Waals surface area contributed by atoms with Crippen molar-refractivity contribution in [3.8, 4) is 11.5 Å². The Morgan fingerprint density at radius 2 is 1.74 bits per heavy atom. The van der Waals surface area contributed by atoms with Crippen LogP contribution in [0, 0.1) is 0 Å². The fourth-order valence-corrected chi connectivity index (χ4v) is 3.85. The molecule has 2 heterocycles. The molecule has 1 aliphatic rings. The molecule has 2 N–H and O–H groups in total. The second kappa shape index (κ2) is 10.9. The zero-order chi connectivity index (χ0) is 24.8. The molecule has 0 bridgehead atoms. The number of rotatable bonds is 9. The molecular formula is C27H30N4O4. The highest BCUT2D eigenvalue weighted by atomic mass is 16.5. The lowest BCUT2D eigenvalue weighted by atomic mass is 10.1. The highest BCUT2D eigenvalue weighted by Gasteiger charge is 2.28. The van der Waals surface area contributed by atoms with Gasteiger partial charge in [0.15, 0.2) is 0 Å². The number of carbonyl (C=O) groups excluding carboxylic acids is 2. The van der Waals surface area contributed by atoms with E-state index in [1.165, 1.54) is 13.1 Å². The number of anilines is 2. The lowest BCUT2D eigenvalue weighted by Gasteiger charge is -2.40. The van der Waals surface area contributed by atoms with Gasteiger partial charge in [-0.1, -0.05) is 12.1 Å². The van der Waals surface area contributed by atoms with E-state index in [2.05, 4.69) is 32.7 Å². The Hall–Kier alpha value is -4.07. The average molecular weight is 475 g/mol. The SMILES string of the molecule is CCOc1ccc(N2CC(Oc3ccc(C(C)NC(=O)c4ccnc(NC(C)=O)c4)cc3)C2)cc1. The lowest BCUT2D eigenvalue weighted by Crippen LogP contribution is -2.54. The molecule has 1 fully saturated rings. The van der Waals surface area contributed by atoms with Gasteiger partial charge in [0.25, 0.3) is 5.91 Å². The van der Waals surface area contributed by atoms with E-state index in [4.69, 9.17) is 9.47 Å². The molecule has 4 rings (SSSR count). The first-order chi connectivity index (χ1) is 16.9. The van der Waals surface area contributed by atoms with Crippen molar-refractivity contribution in [2.24, 2.45) is 0 Å². The molecule has 1 atom stereocenters. The molecule has 1 aromatic heterocycles. The second-order valence-corrected chi connectivity index (χ2v) is 8.45. The lowest BCUT2D eigenvalue weighted by molar-refractivity contribution is -0.114. The Bertz CT molecular complexity index is 1160. The molecule has 8 heteroatoms. The number of nitrogens with one attached hydrogen (secondary N) is 2. The van der Waals surface area contributed by atoms with Crippen LogP contribution in [0.15, 0.2) is 66.9 Å². The van der Waals surface area contributed by atoms with Crippen molar-refractivity contribution in [1.82, 2.24) is 10.3 Å². The summed E-state index contributed by atoms with van der Waals surface area (Å²) < 4.78 is 11.6. The average Bonchev–Trinajstić information content (AvgIpc) is 2.82. The van der Waals surface area contributed by atoms with E-state index in [9.17, 15) is 9.59 Å².